The Hall–Kier alpha value is -2.69. The number of carbonyl (C=O) groups is 1. The molecular weight excluding hydrogens is 292 g/mol. The van der Waals surface area contributed by atoms with Crippen molar-refractivity contribution in [3.05, 3.63) is 47.5 Å². The van der Waals surface area contributed by atoms with Crippen molar-refractivity contribution in [1.29, 1.82) is 0 Å². The highest BCUT2D eigenvalue weighted by Crippen LogP contribution is 2.34. The Labute approximate surface area is 135 Å². The number of phenolic OH excluding ortho intramolecular Hbond substituents is 1. The maximum absolute atomic E-state index is 11.0. The zero-order valence-corrected chi connectivity index (χ0v) is 13.3. The van der Waals surface area contributed by atoms with Gasteiger partial charge in [-0.1, -0.05) is 25.5 Å². The minimum Gasteiger partial charge on any atom is -0.504 e. The summed E-state index contributed by atoms with van der Waals surface area (Å²) in [5.74, 6) is 0.000176. The molecule has 120 valence electrons. The summed E-state index contributed by atoms with van der Waals surface area (Å²) in [6.07, 6.45) is 3.96. The van der Waals surface area contributed by atoms with E-state index >= 15 is 0 Å². The van der Waals surface area contributed by atoms with Crippen molar-refractivity contribution in [2.45, 2.75) is 26.2 Å². The maximum Gasteiger partial charge on any atom is 0.168 e. The molecule has 0 bridgehead atoms. The first-order valence-corrected chi connectivity index (χ1v) is 7.54. The lowest BCUT2D eigenvalue weighted by Crippen LogP contribution is -1.88. The van der Waals surface area contributed by atoms with E-state index < -0.39 is 0 Å². The van der Waals surface area contributed by atoms with Crippen molar-refractivity contribution in [2.75, 3.05) is 7.11 Å². The van der Waals surface area contributed by atoms with Crippen molar-refractivity contribution >= 4 is 17.7 Å². The standard InChI is InChI=1S/C18H20N2O3/c1-3-4-5-13-6-8-15(9-7-13)19-20-16-10-14(12-21)18(22)17(11-16)23-2/h6-12,22H,3-5H2,1-2H3. The molecule has 0 aliphatic heterocycles. The van der Waals surface area contributed by atoms with Gasteiger partial charge in [-0.2, -0.15) is 10.2 Å². The van der Waals surface area contributed by atoms with Crippen LogP contribution in [-0.2, 0) is 6.42 Å². The zero-order chi connectivity index (χ0) is 16.7. The van der Waals surface area contributed by atoms with Gasteiger partial charge in [-0.15, -0.1) is 0 Å². The number of aryl methyl sites for hydroxylation is 1. The average molecular weight is 312 g/mol. The fourth-order valence-electron chi connectivity index (χ4n) is 2.14. The number of nitrogens with zero attached hydrogens (tertiary/aromatic N) is 2. The Morgan fingerprint density at radius 1 is 1.13 bits per heavy atom. The van der Waals surface area contributed by atoms with Gasteiger partial charge in [0, 0.05) is 6.07 Å². The highest BCUT2D eigenvalue weighted by Gasteiger charge is 2.09. The molecule has 0 amide bonds. The van der Waals surface area contributed by atoms with Crippen molar-refractivity contribution in [3.8, 4) is 11.5 Å². The molecule has 0 aromatic heterocycles. The predicted molar refractivity (Wildman–Crippen MR) is 89.3 cm³/mol. The number of aldehydes is 1. The van der Waals surface area contributed by atoms with Gasteiger partial charge in [-0.05, 0) is 36.6 Å². The molecule has 0 aliphatic carbocycles. The molecule has 0 atom stereocenters. The lowest BCUT2D eigenvalue weighted by atomic mass is 10.1. The Kier molecular flexibility index (Phi) is 5.86. The molecule has 1 N–H and O–H groups in total. The number of phenols is 1. The van der Waals surface area contributed by atoms with Crippen molar-refractivity contribution in [2.24, 2.45) is 10.2 Å². The van der Waals surface area contributed by atoms with Crippen molar-refractivity contribution in [3.63, 3.8) is 0 Å². The van der Waals surface area contributed by atoms with E-state index in [4.69, 9.17) is 4.74 Å². The molecule has 0 radical (unpaired) electrons. The van der Waals surface area contributed by atoms with Gasteiger partial charge in [0.05, 0.1) is 24.0 Å². The number of ether oxygens (including phenoxy) is 1. The van der Waals surface area contributed by atoms with Gasteiger partial charge < -0.3 is 9.84 Å². The summed E-state index contributed by atoms with van der Waals surface area (Å²) in [5.41, 5.74) is 2.57. The number of benzene rings is 2. The van der Waals surface area contributed by atoms with E-state index in [2.05, 4.69) is 17.2 Å². The molecule has 0 fully saturated rings. The van der Waals surface area contributed by atoms with Crippen LogP contribution in [0.1, 0.15) is 35.7 Å². The molecule has 2 aromatic carbocycles. The first-order chi connectivity index (χ1) is 11.2. The molecule has 2 rings (SSSR count). The normalized spacial score (nSPS) is 10.9. The van der Waals surface area contributed by atoms with Crippen LogP contribution in [0.5, 0.6) is 11.5 Å². The van der Waals surface area contributed by atoms with Crippen LogP contribution >= 0.6 is 0 Å². The third kappa shape index (κ3) is 4.39. The van der Waals surface area contributed by atoms with Gasteiger partial charge in [-0.25, -0.2) is 0 Å². The number of carbonyl (C=O) groups excluding carboxylic acids is 1. The summed E-state index contributed by atoms with van der Waals surface area (Å²) in [7, 11) is 1.42. The van der Waals surface area contributed by atoms with Gasteiger partial charge in [-0.3, -0.25) is 4.79 Å². The Morgan fingerprint density at radius 2 is 1.83 bits per heavy atom. The number of azo groups is 1. The SMILES string of the molecule is CCCCc1ccc(N=Nc2cc(C=O)c(O)c(OC)c2)cc1. The summed E-state index contributed by atoms with van der Waals surface area (Å²) in [6, 6.07) is 10.9. The third-order valence-electron chi connectivity index (χ3n) is 3.47. The molecule has 2 aromatic rings. The van der Waals surface area contributed by atoms with Crippen LogP contribution in [0.15, 0.2) is 46.6 Å². The molecular formula is C18H20N2O3. The molecule has 0 spiro atoms. The molecule has 0 saturated heterocycles. The summed E-state index contributed by atoms with van der Waals surface area (Å²) in [5, 5.41) is 18.0. The van der Waals surface area contributed by atoms with E-state index in [-0.39, 0.29) is 17.1 Å². The second-order valence-electron chi connectivity index (χ2n) is 5.17. The number of methoxy groups -OCH3 is 1. The van der Waals surface area contributed by atoms with E-state index in [0.29, 0.717) is 12.0 Å². The second-order valence-corrected chi connectivity index (χ2v) is 5.17. The Bertz CT molecular complexity index is 694. The predicted octanol–water partition coefficient (Wildman–Crippen LogP) is 4.97. The molecule has 5 heteroatoms. The Balaban J connectivity index is 2.18. The van der Waals surface area contributed by atoms with E-state index in [1.54, 1.807) is 0 Å². The summed E-state index contributed by atoms with van der Waals surface area (Å²) in [4.78, 5) is 11.0. The van der Waals surface area contributed by atoms with Crippen LogP contribution in [-0.4, -0.2) is 18.5 Å². The monoisotopic (exact) mass is 312 g/mol. The van der Waals surface area contributed by atoms with Gasteiger partial charge in [0.1, 0.15) is 0 Å². The van der Waals surface area contributed by atoms with Crippen LogP contribution in [0.25, 0.3) is 0 Å². The van der Waals surface area contributed by atoms with E-state index in [1.807, 2.05) is 24.3 Å². The summed E-state index contributed by atoms with van der Waals surface area (Å²) >= 11 is 0. The molecule has 0 aliphatic rings. The highest BCUT2D eigenvalue weighted by atomic mass is 16.5. The number of unbranched alkanes of at least 4 members (excludes halogenated alkanes) is 1. The largest absolute Gasteiger partial charge is 0.504 e. The van der Waals surface area contributed by atoms with E-state index in [9.17, 15) is 9.90 Å². The van der Waals surface area contributed by atoms with Gasteiger partial charge in [0.15, 0.2) is 17.8 Å². The second kappa shape index (κ2) is 8.08. The first-order valence-electron chi connectivity index (χ1n) is 7.54. The van der Waals surface area contributed by atoms with Crippen LogP contribution in [0.2, 0.25) is 0 Å². The van der Waals surface area contributed by atoms with Crippen LogP contribution in [0.3, 0.4) is 0 Å². The number of hydrogen-bond acceptors (Lipinski definition) is 5. The fourth-order valence-corrected chi connectivity index (χ4v) is 2.14. The van der Waals surface area contributed by atoms with Crippen LogP contribution < -0.4 is 4.74 Å². The quantitative estimate of drug-likeness (QED) is 0.579. The number of hydrogen-bond donors (Lipinski definition) is 1. The molecule has 0 heterocycles. The highest BCUT2D eigenvalue weighted by molar-refractivity contribution is 5.83. The minimum atomic E-state index is -0.193. The third-order valence-corrected chi connectivity index (χ3v) is 3.47. The molecule has 0 unspecified atom stereocenters. The van der Waals surface area contributed by atoms with Crippen LogP contribution in [0.4, 0.5) is 11.4 Å². The lowest BCUT2D eigenvalue weighted by Gasteiger charge is -2.06. The average Bonchev–Trinajstić information content (AvgIpc) is 2.59. The smallest absolute Gasteiger partial charge is 0.168 e. The molecule has 5 nitrogen and oxygen atoms in total. The van der Waals surface area contributed by atoms with Gasteiger partial charge in [0.2, 0.25) is 0 Å². The van der Waals surface area contributed by atoms with E-state index in [1.165, 1.54) is 37.6 Å². The minimum absolute atomic E-state index is 0.119. The molecule has 0 saturated carbocycles. The molecule has 23 heavy (non-hydrogen) atoms. The number of rotatable bonds is 7. The Morgan fingerprint density at radius 3 is 2.43 bits per heavy atom. The summed E-state index contributed by atoms with van der Waals surface area (Å²) < 4.78 is 5.02. The van der Waals surface area contributed by atoms with Gasteiger partial charge in [0.25, 0.3) is 0 Å². The van der Waals surface area contributed by atoms with Crippen molar-refractivity contribution < 1.29 is 14.6 Å². The van der Waals surface area contributed by atoms with Crippen molar-refractivity contribution in [1.82, 2.24) is 0 Å². The number of aromatic hydroxyl groups is 1. The fraction of sp³-hybridized carbons (Fsp3) is 0.278. The lowest BCUT2D eigenvalue weighted by molar-refractivity contribution is 0.112. The van der Waals surface area contributed by atoms with Crippen LogP contribution in [0, 0.1) is 0 Å². The summed E-state index contributed by atoms with van der Waals surface area (Å²) in [6.45, 7) is 2.17. The topological polar surface area (TPSA) is 71.2 Å². The van der Waals surface area contributed by atoms with E-state index in [0.717, 1.165) is 12.1 Å². The first kappa shape index (κ1) is 16.7. The zero-order valence-electron chi connectivity index (χ0n) is 13.3. The van der Waals surface area contributed by atoms with Gasteiger partial charge >= 0.3 is 0 Å². The maximum atomic E-state index is 11.0.